The van der Waals surface area contributed by atoms with Gasteiger partial charge in [0.05, 0.1) is 4.92 Å². The van der Waals surface area contributed by atoms with Crippen molar-refractivity contribution in [1.29, 1.82) is 0 Å². The number of nitro benzene ring substituents is 1. The van der Waals surface area contributed by atoms with Crippen LogP contribution in [0.3, 0.4) is 0 Å². The lowest BCUT2D eigenvalue weighted by Gasteiger charge is -2.28. The lowest BCUT2D eigenvalue weighted by Crippen LogP contribution is -2.41. The SMILES string of the molecule is CC(C)C(CNCc1ccc(Br)cc1[N+](=O)[O-])N(C)C. The molecule has 0 aliphatic heterocycles. The highest BCUT2D eigenvalue weighted by Crippen LogP contribution is 2.23. The summed E-state index contributed by atoms with van der Waals surface area (Å²) in [5.41, 5.74) is 0.859. The first kappa shape index (κ1) is 17.1. The maximum atomic E-state index is 11.0. The molecule has 0 aliphatic carbocycles. The molecule has 0 saturated carbocycles. The molecule has 0 aromatic heterocycles. The molecule has 6 heteroatoms. The van der Waals surface area contributed by atoms with Gasteiger partial charge in [0.1, 0.15) is 0 Å². The number of nitrogens with one attached hydrogen (secondary N) is 1. The van der Waals surface area contributed by atoms with Crippen molar-refractivity contribution in [2.45, 2.75) is 26.4 Å². The molecule has 5 nitrogen and oxygen atoms in total. The molecule has 0 bridgehead atoms. The van der Waals surface area contributed by atoms with Crippen molar-refractivity contribution in [3.8, 4) is 0 Å². The Morgan fingerprint density at radius 1 is 1.40 bits per heavy atom. The van der Waals surface area contributed by atoms with E-state index in [1.165, 1.54) is 0 Å². The summed E-state index contributed by atoms with van der Waals surface area (Å²) >= 11 is 3.26. The van der Waals surface area contributed by atoms with Gasteiger partial charge in [-0.25, -0.2) is 0 Å². The molecule has 20 heavy (non-hydrogen) atoms. The molecule has 0 amide bonds. The molecule has 0 heterocycles. The average Bonchev–Trinajstić information content (AvgIpc) is 2.34. The van der Waals surface area contributed by atoms with E-state index in [1.807, 2.05) is 6.07 Å². The van der Waals surface area contributed by atoms with Gasteiger partial charge in [0.2, 0.25) is 0 Å². The van der Waals surface area contributed by atoms with E-state index in [-0.39, 0.29) is 10.6 Å². The van der Waals surface area contributed by atoms with Crippen LogP contribution in [0.4, 0.5) is 5.69 Å². The summed E-state index contributed by atoms with van der Waals surface area (Å²) < 4.78 is 0.723. The Balaban J connectivity index is 2.68. The molecule has 1 N–H and O–H groups in total. The fourth-order valence-corrected chi connectivity index (χ4v) is 2.57. The molecular formula is C14H22BrN3O2. The van der Waals surface area contributed by atoms with Crippen LogP contribution in [0.2, 0.25) is 0 Å². The smallest absolute Gasteiger partial charge is 0.275 e. The third-order valence-electron chi connectivity index (χ3n) is 3.35. The highest BCUT2D eigenvalue weighted by atomic mass is 79.9. The minimum atomic E-state index is -0.340. The Morgan fingerprint density at radius 3 is 2.55 bits per heavy atom. The zero-order chi connectivity index (χ0) is 15.3. The van der Waals surface area contributed by atoms with Crippen molar-refractivity contribution in [2.75, 3.05) is 20.6 Å². The molecular weight excluding hydrogens is 322 g/mol. The standard InChI is InChI=1S/C14H22BrN3O2/c1-10(2)14(17(3)4)9-16-8-11-5-6-12(15)7-13(11)18(19)20/h5-7,10,14,16H,8-9H2,1-4H3. The van der Waals surface area contributed by atoms with Crippen molar-refractivity contribution in [1.82, 2.24) is 10.2 Å². The van der Waals surface area contributed by atoms with Gasteiger partial charge in [-0.05, 0) is 32.1 Å². The van der Waals surface area contributed by atoms with Crippen molar-refractivity contribution < 1.29 is 4.92 Å². The summed E-state index contributed by atoms with van der Waals surface area (Å²) in [6.07, 6.45) is 0. The summed E-state index contributed by atoms with van der Waals surface area (Å²) in [6, 6.07) is 5.57. The van der Waals surface area contributed by atoms with E-state index in [2.05, 4.69) is 54.1 Å². The molecule has 1 aromatic carbocycles. The summed E-state index contributed by atoms with van der Waals surface area (Å²) in [6.45, 7) is 5.65. The largest absolute Gasteiger partial charge is 0.311 e. The minimum Gasteiger partial charge on any atom is -0.311 e. The maximum absolute atomic E-state index is 11.0. The van der Waals surface area contributed by atoms with Crippen LogP contribution >= 0.6 is 15.9 Å². The fraction of sp³-hybridized carbons (Fsp3) is 0.571. The lowest BCUT2D eigenvalue weighted by atomic mass is 10.0. The average molecular weight is 344 g/mol. The van der Waals surface area contributed by atoms with E-state index in [4.69, 9.17) is 0 Å². The Morgan fingerprint density at radius 2 is 2.05 bits per heavy atom. The predicted molar refractivity (Wildman–Crippen MR) is 84.8 cm³/mol. The maximum Gasteiger partial charge on any atom is 0.275 e. The Hall–Kier alpha value is -0.980. The summed E-state index contributed by atoms with van der Waals surface area (Å²) in [5, 5.41) is 14.4. The van der Waals surface area contributed by atoms with Gasteiger partial charge in [-0.1, -0.05) is 29.8 Å². The van der Waals surface area contributed by atoms with Crippen LogP contribution in [0.1, 0.15) is 19.4 Å². The molecule has 0 saturated heterocycles. The van der Waals surface area contributed by atoms with Crippen LogP contribution in [-0.2, 0) is 6.54 Å². The number of nitro groups is 1. The van der Waals surface area contributed by atoms with E-state index in [0.29, 0.717) is 24.1 Å². The summed E-state index contributed by atoms with van der Waals surface area (Å²) in [5.74, 6) is 0.525. The molecule has 0 aliphatic rings. The van der Waals surface area contributed by atoms with Crippen LogP contribution in [0.15, 0.2) is 22.7 Å². The monoisotopic (exact) mass is 343 g/mol. The number of benzene rings is 1. The Kier molecular flexibility index (Phi) is 6.58. The Bertz CT molecular complexity index is 456. The minimum absolute atomic E-state index is 0.151. The van der Waals surface area contributed by atoms with E-state index < -0.39 is 0 Å². The first-order chi connectivity index (χ1) is 9.32. The third-order valence-corrected chi connectivity index (χ3v) is 3.84. The van der Waals surface area contributed by atoms with Crippen LogP contribution < -0.4 is 5.32 Å². The first-order valence-electron chi connectivity index (χ1n) is 6.63. The van der Waals surface area contributed by atoms with E-state index in [1.54, 1.807) is 12.1 Å². The molecule has 0 radical (unpaired) electrons. The van der Waals surface area contributed by atoms with Gasteiger partial charge in [0.15, 0.2) is 0 Å². The van der Waals surface area contributed by atoms with Crippen LogP contribution in [0, 0.1) is 16.0 Å². The molecule has 0 fully saturated rings. The zero-order valence-corrected chi connectivity index (χ0v) is 14.0. The van der Waals surface area contributed by atoms with Gasteiger partial charge in [-0.15, -0.1) is 0 Å². The van der Waals surface area contributed by atoms with Gasteiger partial charge in [0, 0.05) is 35.2 Å². The predicted octanol–water partition coefficient (Wildman–Crippen LogP) is 3.03. The summed E-state index contributed by atoms with van der Waals surface area (Å²) in [4.78, 5) is 12.9. The molecule has 1 unspecified atom stereocenters. The van der Waals surface area contributed by atoms with Gasteiger partial charge < -0.3 is 10.2 Å². The van der Waals surface area contributed by atoms with Crippen LogP contribution in [-0.4, -0.2) is 36.5 Å². The van der Waals surface area contributed by atoms with Gasteiger partial charge in [-0.3, -0.25) is 10.1 Å². The zero-order valence-electron chi connectivity index (χ0n) is 12.4. The van der Waals surface area contributed by atoms with Crippen LogP contribution in [0.25, 0.3) is 0 Å². The first-order valence-corrected chi connectivity index (χ1v) is 7.42. The third kappa shape index (κ3) is 4.85. The number of halogens is 1. The van der Waals surface area contributed by atoms with Crippen molar-refractivity contribution in [2.24, 2.45) is 5.92 Å². The quantitative estimate of drug-likeness (QED) is 0.610. The van der Waals surface area contributed by atoms with Crippen molar-refractivity contribution in [3.63, 3.8) is 0 Å². The molecule has 1 rings (SSSR count). The van der Waals surface area contributed by atoms with Crippen molar-refractivity contribution in [3.05, 3.63) is 38.3 Å². The number of hydrogen-bond donors (Lipinski definition) is 1. The fourth-order valence-electron chi connectivity index (χ4n) is 2.23. The summed E-state index contributed by atoms with van der Waals surface area (Å²) in [7, 11) is 4.10. The van der Waals surface area contributed by atoms with E-state index >= 15 is 0 Å². The van der Waals surface area contributed by atoms with E-state index in [9.17, 15) is 10.1 Å². The topological polar surface area (TPSA) is 58.4 Å². The lowest BCUT2D eigenvalue weighted by molar-refractivity contribution is -0.385. The van der Waals surface area contributed by atoms with Gasteiger partial charge in [0.25, 0.3) is 5.69 Å². The van der Waals surface area contributed by atoms with Gasteiger partial charge in [-0.2, -0.15) is 0 Å². The molecule has 1 aromatic rings. The second kappa shape index (κ2) is 7.71. The number of likely N-dealkylation sites (N-methyl/N-ethyl adjacent to an activating group) is 1. The molecule has 1 atom stereocenters. The number of rotatable bonds is 7. The van der Waals surface area contributed by atoms with Crippen LogP contribution in [0.5, 0.6) is 0 Å². The Labute approximate surface area is 128 Å². The number of nitrogens with zero attached hydrogens (tertiary/aromatic N) is 2. The number of hydrogen-bond acceptors (Lipinski definition) is 4. The second-order valence-electron chi connectivity index (χ2n) is 5.44. The van der Waals surface area contributed by atoms with Crippen molar-refractivity contribution >= 4 is 21.6 Å². The normalized spacial score (nSPS) is 12.9. The second-order valence-corrected chi connectivity index (χ2v) is 6.35. The highest BCUT2D eigenvalue weighted by Gasteiger charge is 2.17. The highest BCUT2D eigenvalue weighted by molar-refractivity contribution is 9.10. The van der Waals surface area contributed by atoms with E-state index in [0.717, 1.165) is 11.0 Å². The molecule has 112 valence electrons. The van der Waals surface area contributed by atoms with Gasteiger partial charge >= 0.3 is 0 Å². The molecule has 0 spiro atoms.